The Morgan fingerprint density at radius 1 is 1.10 bits per heavy atom. The number of piperidine rings is 1. The Morgan fingerprint density at radius 2 is 1.80 bits per heavy atom. The smallest absolute Gasteiger partial charge is 0.287 e. The van der Waals surface area contributed by atoms with E-state index in [0.29, 0.717) is 12.3 Å². The van der Waals surface area contributed by atoms with Crippen LogP contribution in [0.4, 0.5) is 0 Å². The number of fused-ring (bicyclic) bond motifs is 1. The molecule has 2 heterocycles. The van der Waals surface area contributed by atoms with Gasteiger partial charge in [-0.25, -0.2) is 0 Å². The molecule has 0 radical (unpaired) electrons. The van der Waals surface area contributed by atoms with E-state index in [1.54, 1.807) is 0 Å². The predicted molar refractivity (Wildman–Crippen MR) is 122 cm³/mol. The summed E-state index contributed by atoms with van der Waals surface area (Å²) in [7, 11) is 0. The Hall–Kier alpha value is -2.30. The number of nitrogens with one attached hydrogen (secondary N) is 1. The fraction of sp³-hybridized carbons (Fsp3) is 0.400. The van der Waals surface area contributed by atoms with Gasteiger partial charge in [-0.15, -0.1) is 0 Å². The van der Waals surface area contributed by atoms with E-state index in [0.717, 1.165) is 45.8 Å². The van der Waals surface area contributed by atoms with Crippen LogP contribution in [-0.2, 0) is 0 Å². The Labute approximate surface area is 183 Å². The highest BCUT2D eigenvalue weighted by atomic mass is 35.5. The zero-order chi connectivity index (χ0) is 21.3. The number of nitrogens with zero attached hydrogens (tertiary/aromatic N) is 1. The van der Waals surface area contributed by atoms with Crippen molar-refractivity contribution >= 4 is 28.5 Å². The van der Waals surface area contributed by atoms with Crippen LogP contribution in [-0.4, -0.2) is 30.4 Å². The second-order valence-electron chi connectivity index (χ2n) is 8.33. The standard InChI is InChI=1S/C25H29ClN2O2/c1-16-13-20-18(3)24(30-23(20)14-17(16)2)25(29)27-15-22(28-11-7-4-8-12-28)19-9-5-6-10-21(19)26/h5-6,9-10,13-14,22H,4,7-8,11-12,15H2,1-3H3,(H,27,29)/t22-/m1/s1. The third kappa shape index (κ3) is 4.12. The molecule has 0 bridgehead atoms. The van der Waals surface area contributed by atoms with Gasteiger partial charge in [0.2, 0.25) is 0 Å². The van der Waals surface area contributed by atoms with Crippen LogP contribution in [0.25, 0.3) is 11.0 Å². The van der Waals surface area contributed by atoms with Gasteiger partial charge in [-0.1, -0.05) is 36.2 Å². The molecule has 1 aromatic heterocycles. The highest BCUT2D eigenvalue weighted by Gasteiger charge is 2.26. The number of carbonyl (C=O) groups is 1. The molecule has 0 spiro atoms. The molecule has 3 aromatic rings. The lowest BCUT2D eigenvalue weighted by Crippen LogP contribution is -2.40. The summed E-state index contributed by atoms with van der Waals surface area (Å²) >= 11 is 6.52. The largest absolute Gasteiger partial charge is 0.451 e. The molecule has 5 heteroatoms. The minimum atomic E-state index is -0.173. The highest BCUT2D eigenvalue weighted by Crippen LogP contribution is 2.31. The van der Waals surface area contributed by atoms with Crippen molar-refractivity contribution in [3.05, 3.63) is 69.4 Å². The maximum absolute atomic E-state index is 13.1. The molecule has 4 nitrogen and oxygen atoms in total. The van der Waals surface area contributed by atoms with Gasteiger partial charge in [0.1, 0.15) is 5.58 Å². The first-order chi connectivity index (χ1) is 14.5. The second-order valence-corrected chi connectivity index (χ2v) is 8.74. The maximum Gasteiger partial charge on any atom is 0.287 e. The molecule has 1 atom stereocenters. The summed E-state index contributed by atoms with van der Waals surface area (Å²) in [6.45, 7) is 8.62. The summed E-state index contributed by atoms with van der Waals surface area (Å²) in [5, 5.41) is 4.87. The molecule has 30 heavy (non-hydrogen) atoms. The number of hydrogen-bond acceptors (Lipinski definition) is 3. The minimum absolute atomic E-state index is 0.0529. The number of amides is 1. The third-order valence-corrected chi connectivity index (χ3v) is 6.65. The van der Waals surface area contributed by atoms with Crippen molar-refractivity contribution in [2.24, 2.45) is 0 Å². The van der Waals surface area contributed by atoms with E-state index >= 15 is 0 Å². The first-order valence-corrected chi connectivity index (χ1v) is 11.1. The van der Waals surface area contributed by atoms with Crippen molar-refractivity contribution in [3.8, 4) is 0 Å². The normalized spacial score (nSPS) is 16.0. The molecule has 1 amide bonds. The Kier molecular flexibility index (Phi) is 6.16. The van der Waals surface area contributed by atoms with Gasteiger partial charge in [0.15, 0.2) is 5.76 Å². The van der Waals surface area contributed by atoms with Crippen LogP contribution >= 0.6 is 11.6 Å². The van der Waals surface area contributed by atoms with E-state index in [4.69, 9.17) is 16.0 Å². The van der Waals surface area contributed by atoms with Crippen LogP contribution in [0.1, 0.15) is 58.1 Å². The van der Waals surface area contributed by atoms with E-state index in [1.165, 1.54) is 24.8 Å². The summed E-state index contributed by atoms with van der Waals surface area (Å²) in [5.74, 6) is 0.222. The number of rotatable bonds is 5. The SMILES string of the molecule is Cc1cc2oc(C(=O)NC[C@H](c3ccccc3Cl)N3CCCCC3)c(C)c2cc1C. The molecule has 1 aliphatic rings. The quantitative estimate of drug-likeness (QED) is 0.548. The van der Waals surface area contributed by atoms with Crippen LogP contribution in [0.3, 0.4) is 0 Å². The lowest BCUT2D eigenvalue weighted by Gasteiger charge is -2.35. The zero-order valence-electron chi connectivity index (χ0n) is 17.9. The summed E-state index contributed by atoms with van der Waals surface area (Å²) < 4.78 is 5.95. The van der Waals surface area contributed by atoms with Gasteiger partial charge in [0.05, 0.1) is 6.04 Å². The summed E-state index contributed by atoms with van der Waals surface area (Å²) in [6, 6.07) is 12.1. The molecule has 2 aromatic carbocycles. The Bertz CT molecular complexity index is 1070. The number of benzene rings is 2. The highest BCUT2D eigenvalue weighted by molar-refractivity contribution is 6.31. The fourth-order valence-corrected chi connectivity index (χ4v) is 4.64. The van der Waals surface area contributed by atoms with Crippen molar-refractivity contribution in [2.75, 3.05) is 19.6 Å². The van der Waals surface area contributed by atoms with Crippen molar-refractivity contribution in [2.45, 2.75) is 46.1 Å². The van der Waals surface area contributed by atoms with E-state index < -0.39 is 0 Å². The van der Waals surface area contributed by atoms with Crippen LogP contribution < -0.4 is 5.32 Å². The monoisotopic (exact) mass is 424 g/mol. The molecule has 4 rings (SSSR count). The lowest BCUT2D eigenvalue weighted by molar-refractivity contribution is 0.0898. The van der Waals surface area contributed by atoms with E-state index in [2.05, 4.69) is 36.2 Å². The average Bonchev–Trinajstić information content (AvgIpc) is 3.06. The minimum Gasteiger partial charge on any atom is -0.451 e. The van der Waals surface area contributed by atoms with Gasteiger partial charge in [-0.3, -0.25) is 9.69 Å². The van der Waals surface area contributed by atoms with Gasteiger partial charge in [0.25, 0.3) is 5.91 Å². The fourth-order valence-electron chi connectivity index (χ4n) is 4.37. The van der Waals surface area contributed by atoms with Crippen molar-refractivity contribution in [3.63, 3.8) is 0 Å². The molecular weight excluding hydrogens is 396 g/mol. The van der Waals surface area contributed by atoms with Crippen LogP contribution in [0.15, 0.2) is 40.8 Å². The van der Waals surface area contributed by atoms with Crippen LogP contribution in [0.5, 0.6) is 0 Å². The van der Waals surface area contributed by atoms with Crippen LogP contribution in [0, 0.1) is 20.8 Å². The average molecular weight is 425 g/mol. The summed E-state index contributed by atoms with van der Waals surface area (Å²) in [6.07, 6.45) is 3.61. The Balaban J connectivity index is 1.57. The van der Waals surface area contributed by atoms with E-state index in [-0.39, 0.29) is 11.9 Å². The number of carbonyl (C=O) groups excluding carboxylic acids is 1. The van der Waals surface area contributed by atoms with E-state index in [1.807, 2.05) is 31.2 Å². The topological polar surface area (TPSA) is 45.5 Å². The van der Waals surface area contributed by atoms with Gasteiger partial charge in [-0.05, 0) is 81.6 Å². The first kappa shape index (κ1) is 21.0. The number of furan rings is 1. The number of likely N-dealkylation sites (tertiary alicyclic amines) is 1. The lowest BCUT2D eigenvalue weighted by atomic mass is 10.0. The number of halogens is 1. The molecule has 1 N–H and O–H groups in total. The van der Waals surface area contributed by atoms with Gasteiger partial charge in [-0.2, -0.15) is 0 Å². The van der Waals surface area contributed by atoms with Crippen molar-refractivity contribution in [1.29, 1.82) is 0 Å². The number of hydrogen-bond donors (Lipinski definition) is 1. The molecule has 0 aliphatic carbocycles. The molecule has 158 valence electrons. The summed E-state index contributed by atoms with van der Waals surface area (Å²) in [4.78, 5) is 15.5. The molecule has 1 fully saturated rings. The van der Waals surface area contributed by atoms with Gasteiger partial charge in [0, 0.05) is 22.5 Å². The van der Waals surface area contributed by atoms with Gasteiger partial charge < -0.3 is 9.73 Å². The first-order valence-electron chi connectivity index (χ1n) is 10.7. The predicted octanol–water partition coefficient (Wildman–Crippen LogP) is 5.97. The molecule has 0 saturated carbocycles. The Morgan fingerprint density at radius 3 is 2.53 bits per heavy atom. The number of aryl methyl sites for hydroxylation is 3. The maximum atomic E-state index is 13.1. The van der Waals surface area contributed by atoms with E-state index in [9.17, 15) is 4.79 Å². The molecule has 1 aliphatic heterocycles. The van der Waals surface area contributed by atoms with Crippen LogP contribution in [0.2, 0.25) is 5.02 Å². The molecular formula is C25H29ClN2O2. The van der Waals surface area contributed by atoms with Crippen molar-refractivity contribution in [1.82, 2.24) is 10.2 Å². The molecule has 1 saturated heterocycles. The zero-order valence-corrected chi connectivity index (χ0v) is 18.7. The van der Waals surface area contributed by atoms with Crippen molar-refractivity contribution < 1.29 is 9.21 Å². The molecule has 0 unspecified atom stereocenters. The van der Waals surface area contributed by atoms with Gasteiger partial charge >= 0.3 is 0 Å². The summed E-state index contributed by atoms with van der Waals surface area (Å²) in [5.41, 5.74) is 5.07. The second kappa shape index (κ2) is 8.83. The third-order valence-electron chi connectivity index (χ3n) is 6.31.